The summed E-state index contributed by atoms with van der Waals surface area (Å²) < 4.78 is 6.51. The Bertz CT molecular complexity index is 1010. The molecule has 0 unspecified atom stereocenters. The van der Waals surface area contributed by atoms with E-state index in [4.69, 9.17) is 16.3 Å². The van der Waals surface area contributed by atoms with Crippen LogP contribution in [0.1, 0.15) is 69.7 Å². The Balaban J connectivity index is 1.55. The van der Waals surface area contributed by atoms with Gasteiger partial charge in [-0.25, -0.2) is 0 Å². The Labute approximate surface area is 204 Å². The van der Waals surface area contributed by atoms with Crippen LogP contribution in [0.25, 0.3) is 0 Å². The molecule has 1 fully saturated rings. The average molecular weight is 470 g/mol. The second-order valence-corrected chi connectivity index (χ2v) is 12.1. The highest BCUT2D eigenvalue weighted by molar-refractivity contribution is 6.30. The third kappa shape index (κ3) is 4.71. The minimum Gasteiger partial charge on any atom is -0.415 e. The molecule has 0 N–H and O–H groups in total. The molecule has 0 spiro atoms. The summed E-state index contributed by atoms with van der Waals surface area (Å²) in [5.74, 6) is 0.257. The number of carbonyl (C=O) groups is 1. The Kier molecular flexibility index (Phi) is 6.41. The number of esters is 1. The van der Waals surface area contributed by atoms with E-state index in [9.17, 15) is 4.79 Å². The monoisotopic (exact) mass is 469 g/mol. The summed E-state index contributed by atoms with van der Waals surface area (Å²) in [4.78, 5) is 15.0. The van der Waals surface area contributed by atoms with Crippen LogP contribution in [0, 0.1) is 5.41 Å². The van der Waals surface area contributed by atoms with Gasteiger partial charge in [-0.2, -0.15) is 0 Å². The van der Waals surface area contributed by atoms with Crippen molar-refractivity contribution in [3.05, 3.63) is 70.2 Å². The van der Waals surface area contributed by atoms with Crippen molar-refractivity contribution in [3.63, 3.8) is 0 Å². The Morgan fingerprint density at radius 3 is 2.48 bits per heavy atom. The summed E-state index contributed by atoms with van der Waals surface area (Å²) in [5, 5.41) is 0.804. The molecule has 178 valence electrons. The predicted octanol–water partition coefficient (Wildman–Crippen LogP) is 6.00. The predicted molar refractivity (Wildman–Crippen MR) is 134 cm³/mol. The molecule has 1 aliphatic heterocycles. The molecule has 0 amide bonds. The summed E-state index contributed by atoms with van der Waals surface area (Å²) in [6.45, 7) is 13.6. The zero-order chi connectivity index (χ0) is 24.0. The number of likely N-dealkylation sites (N-methyl/N-ethyl adjacent to an activating group) is 1. The molecule has 2 aliphatic rings. The highest BCUT2D eigenvalue weighted by Crippen LogP contribution is 2.48. The molecule has 2 aromatic carbocycles. The number of rotatable bonds is 4. The zero-order valence-electron chi connectivity index (χ0n) is 20.9. The molecule has 1 aliphatic carbocycles. The molecule has 1 saturated heterocycles. The van der Waals surface area contributed by atoms with Gasteiger partial charge in [-0.1, -0.05) is 48.0 Å². The fourth-order valence-corrected chi connectivity index (χ4v) is 5.48. The number of benzene rings is 2. The van der Waals surface area contributed by atoms with Gasteiger partial charge in [0.2, 0.25) is 6.73 Å². The second-order valence-electron chi connectivity index (χ2n) is 11.7. The van der Waals surface area contributed by atoms with Crippen molar-refractivity contribution in [3.8, 4) is 0 Å². The van der Waals surface area contributed by atoms with E-state index in [-0.39, 0.29) is 11.5 Å². The standard InChI is InChI=1S/C28H38ClN2O2/c1-27(2,3)26(32)33-19-31(6)15-14-30(18-28(31,4)5)25-17-23(20-10-8-7-9-11-20)22-13-12-21(29)16-24(22)25/h7-13,16,23,25H,14-15,17-19H2,1-6H3/q+1/t23-,25+,31+/m0/s1. The molecule has 2 aromatic rings. The van der Waals surface area contributed by atoms with E-state index < -0.39 is 5.41 Å². The lowest BCUT2D eigenvalue weighted by Gasteiger charge is -2.54. The summed E-state index contributed by atoms with van der Waals surface area (Å²) in [6, 6.07) is 17.6. The van der Waals surface area contributed by atoms with E-state index in [2.05, 4.69) is 68.3 Å². The Morgan fingerprint density at radius 2 is 1.85 bits per heavy atom. The molecule has 0 radical (unpaired) electrons. The molecule has 5 heteroatoms. The van der Waals surface area contributed by atoms with Crippen LogP contribution in [-0.4, -0.2) is 54.3 Å². The molecule has 33 heavy (non-hydrogen) atoms. The van der Waals surface area contributed by atoms with E-state index in [0.717, 1.165) is 35.6 Å². The lowest BCUT2D eigenvalue weighted by molar-refractivity contribution is -0.974. The molecule has 3 atom stereocenters. The average Bonchev–Trinajstić information content (AvgIpc) is 3.12. The summed E-state index contributed by atoms with van der Waals surface area (Å²) >= 11 is 6.46. The number of piperazine rings is 1. The van der Waals surface area contributed by atoms with E-state index >= 15 is 0 Å². The number of hydrogen-bond acceptors (Lipinski definition) is 3. The van der Waals surface area contributed by atoms with E-state index in [0.29, 0.717) is 18.7 Å². The summed E-state index contributed by atoms with van der Waals surface area (Å²) in [6.07, 6.45) is 1.07. The van der Waals surface area contributed by atoms with Crippen LogP contribution >= 0.6 is 11.6 Å². The van der Waals surface area contributed by atoms with Crippen LogP contribution in [0.2, 0.25) is 5.02 Å². The maximum absolute atomic E-state index is 12.4. The van der Waals surface area contributed by atoms with Gasteiger partial charge in [-0.3, -0.25) is 14.2 Å². The van der Waals surface area contributed by atoms with E-state index in [1.807, 2.05) is 26.8 Å². The van der Waals surface area contributed by atoms with E-state index in [1.54, 1.807) is 0 Å². The number of carbonyl (C=O) groups excluding carboxylic acids is 1. The van der Waals surface area contributed by atoms with Crippen molar-refractivity contribution in [2.24, 2.45) is 5.41 Å². The van der Waals surface area contributed by atoms with Crippen LogP contribution in [-0.2, 0) is 9.53 Å². The summed E-state index contributed by atoms with van der Waals surface area (Å²) in [5.41, 5.74) is 3.59. The SMILES string of the molecule is CC(C)(C)C(=O)OC[N@@+]1(C)CCN([C@@H]2C[C@@H](c3ccccc3)c3ccc(Cl)cc32)CC1(C)C. The maximum Gasteiger partial charge on any atom is 0.315 e. The lowest BCUT2D eigenvalue weighted by Crippen LogP contribution is -2.70. The van der Waals surface area contributed by atoms with Gasteiger partial charge in [-0.05, 0) is 69.9 Å². The van der Waals surface area contributed by atoms with Gasteiger partial charge in [0, 0.05) is 23.5 Å². The van der Waals surface area contributed by atoms with Crippen LogP contribution in [0.3, 0.4) is 0 Å². The molecular weight excluding hydrogens is 432 g/mol. The zero-order valence-corrected chi connectivity index (χ0v) is 21.7. The van der Waals surface area contributed by atoms with Crippen molar-refractivity contribution in [1.29, 1.82) is 0 Å². The normalized spacial score (nSPS) is 27.2. The van der Waals surface area contributed by atoms with Gasteiger partial charge in [0.25, 0.3) is 0 Å². The summed E-state index contributed by atoms with van der Waals surface area (Å²) in [7, 11) is 2.22. The van der Waals surface area contributed by atoms with Gasteiger partial charge < -0.3 is 4.74 Å². The number of nitrogens with zero attached hydrogens (tertiary/aromatic N) is 2. The lowest BCUT2D eigenvalue weighted by atomic mass is 9.92. The molecule has 0 aromatic heterocycles. The highest BCUT2D eigenvalue weighted by Gasteiger charge is 2.49. The van der Waals surface area contributed by atoms with Gasteiger partial charge in [0.05, 0.1) is 25.6 Å². The van der Waals surface area contributed by atoms with Gasteiger partial charge in [0.15, 0.2) is 0 Å². The van der Waals surface area contributed by atoms with Crippen molar-refractivity contribution in [1.82, 2.24) is 4.90 Å². The largest absolute Gasteiger partial charge is 0.415 e. The first-order valence-corrected chi connectivity index (χ1v) is 12.4. The fourth-order valence-electron chi connectivity index (χ4n) is 5.30. The highest BCUT2D eigenvalue weighted by atomic mass is 35.5. The Morgan fingerprint density at radius 1 is 1.15 bits per heavy atom. The van der Waals surface area contributed by atoms with Crippen LogP contribution < -0.4 is 0 Å². The minimum atomic E-state index is -0.482. The maximum atomic E-state index is 12.4. The first kappa shape index (κ1) is 24.3. The van der Waals surface area contributed by atoms with Crippen LogP contribution in [0.4, 0.5) is 0 Å². The minimum absolute atomic E-state index is 0.0556. The van der Waals surface area contributed by atoms with Gasteiger partial charge >= 0.3 is 5.97 Å². The third-order valence-corrected chi connectivity index (χ3v) is 8.15. The number of hydrogen-bond donors (Lipinski definition) is 0. The third-order valence-electron chi connectivity index (χ3n) is 7.91. The van der Waals surface area contributed by atoms with Gasteiger partial charge in [-0.15, -0.1) is 0 Å². The van der Waals surface area contributed by atoms with Crippen LogP contribution in [0.15, 0.2) is 48.5 Å². The number of ether oxygens (including phenoxy) is 1. The van der Waals surface area contributed by atoms with Gasteiger partial charge in [0.1, 0.15) is 5.54 Å². The first-order valence-electron chi connectivity index (χ1n) is 12.0. The molecule has 1 heterocycles. The second kappa shape index (κ2) is 8.72. The number of halogens is 1. The van der Waals surface area contributed by atoms with Crippen molar-refractivity contribution in [2.75, 3.05) is 33.4 Å². The smallest absolute Gasteiger partial charge is 0.315 e. The van der Waals surface area contributed by atoms with Crippen molar-refractivity contribution in [2.45, 2.75) is 58.5 Å². The molecular formula is C28H38ClN2O2+. The molecule has 0 bridgehead atoms. The molecule has 4 nitrogen and oxygen atoms in total. The van der Waals surface area contributed by atoms with E-state index in [1.165, 1.54) is 16.7 Å². The molecule has 0 saturated carbocycles. The Hall–Kier alpha value is -1.88. The quantitative estimate of drug-likeness (QED) is 0.406. The topological polar surface area (TPSA) is 29.5 Å². The van der Waals surface area contributed by atoms with Crippen molar-refractivity contribution >= 4 is 17.6 Å². The first-order chi connectivity index (χ1) is 15.4. The number of quaternary nitrogens is 1. The number of fused-ring (bicyclic) bond motifs is 1. The van der Waals surface area contributed by atoms with Crippen LogP contribution in [0.5, 0.6) is 0 Å². The molecule has 4 rings (SSSR count). The van der Waals surface area contributed by atoms with Crippen molar-refractivity contribution < 1.29 is 14.0 Å². The fraction of sp³-hybridized carbons (Fsp3) is 0.536.